The molecule has 0 atom stereocenters. The van der Waals surface area contributed by atoms with Gasteiger partial charge in [0, 0.05) is 35.8 Å². The molecular weight excluding hydrogens is 310 g/mol. The minimum atomic E-state index is -0.0365. The maximum Gasteiger partial charge on any atom is 0.260 e. The van der Waals surface area contributed by atoms with Gasteiger partial charge in [-0.05, 0) is 35.8 Å². The van der Waals surface area contributed by atoms with Crippen LogP contribution in [0, 0.1) is 0 Å². The number of carbonyl (C=O) groups excluding carboxylic acids is 1. The summed E-state index contributed by atoms with van der Waals surface area (Å²) in [6.07, 6.45) is 3.27. The van der Waals surface area contributed by atoms with Crippen molar-refractivity contribution in [3.05, 3.63) is 22.9 Å². The van der Waals surface area contributed by atoms with E-state index in [2.05, 4.69) is 40.1 Å². The van der Waals surface area contributed by atoms with Gasteiger partial charge in [-0.3, -0.25) is 9.78 Å². The number of aromatic nitrogens is 1. The van der Waals surface area contributed by atoms with Crippen molar-refractivity contribution in [2.24, 2.45) is 0 Å². The topological polar surface area (TPSA) is 54.5 Å². The highest BCUT2D eigenvalue weighted by molar-refractivity contribution is 9.10. The Morgan fingerprint density at radius 3 is 3.05 bits per heavy atom. The van der Waals surface area contributed by atoms with E-state index in [4.69, 9.17) is 4.74 Å². The summed E-state index contributed by atoms with van der Waals surface area (Å²) in [4.78, 5) is 17.9. The molecule has 104 valence electrons. The molecule has 1 fully saturated rings. The van der Waals surface area contributed by atoms with Crippen LogP contribution >= 0.6 is 15.9 Å². The Balaban J connectivity index is 1.87. The second kappa shape index (κ2) is 5.88. The third-order valence-corrected chi connectivity index (χ3v) is 3.40. The van der Waals surface area contributed by atoms with E-state index < -0.39 is 0 Å². The summed E-state index contributed by atoms with van der Waals surface area (Å²) < 4.78 is 6.30. The maximum absolute atomic E-state index is 12.1. The lowest BCUT2D eigenvalue weighted by Gasteiger charge is -2.39. The highest BCUT2D eigenvalue weighted by Crippen LogP contribution is 2.16. The average Bonchev–Trinajstić information content (AvgIpc) is 2.35. The summed E-state index contributed by atoms with van der Waals surface area (Å²) in [7, 11) is 0. The number of halogens is 1. The molecule has 0 unspecified atom stereocenters. The molecule has 1 aromatic rings. The molecule has 1 aliphatic heterocycles. The summed E-state index contributed by atoms with van der Waals surface area (Å²) in [5.41, 5.74) is -0.0365. The van der Waals surface area contributed by atoms with Crippen LogP contribution in [0.15, 0.2) is 22.9 Å². The monoisotopic (exact) mass is 327 g/mol. The summed E-state index contributed by atoms with van der Waals surface area (Å²) in [6.45, 7) is 6.47. The van der Waals surface area contributed by atoms with Crippen molar-refractivity contribution >= 4 is 21.8 Å². The molecule has 1 amide bonds. The van der Waals surface area contributed by atoms with Crippen molar-refractivity contribution in [3.63, 3.8) is 0 Å². The van der Waals surface area contributed by atoms with Gasteiger partial charge in [-0.1, -0.05) is 0 Å². The lowest BCUT2D eigenvalue weighted by Crippen LogP contribution is -2.59. The Labute approximate surface area is 121 Å². The lowest BCUT2D eigenvalue weighted by molar-refractivity contribution is -0.135. The molecule has 0 bridgehead atoms. The highest BCUT2D eigenvalue weighted by atomic mass is 79.9. The fourth-order valence-corrected chi connectivity index (χ4v) is 2.41. The van der Waals surface area contributed by atoms with Crippen molar-refractivity contribution in [1.29, 1.82) is 0 Å². The number of hydrogen-bond acceptors (Lipinski definition) is 4. The Kier molecular flexibility index (Phi) is 4.42. The number of hydrogen-bond donors (Lipinski definition) is 1. The number of rotatable bonds is 3. The first-order valence-electron chi connectivity index (χ1n) is 6.22. The third kappa shape index (κ3) is 4.18. The maximum atomic E-state index is 12.1. The van der Waals surface area contributed by atoms with Crippen LogP contribution in [-0.4, -0.2) is 47.6 Å². The summed E-state index contributed by atoms with van der Waals surface area (Å²) in [5.74, 6) is 0.603. The second-order valence-electron chi connectivity index (χ2n) is 5.25. The molecule has 6 heteroatoms. The second-order valence-corrected chi connectivity index (χ2v) is 6.17. The van der Waals surface area contributed by atoms with Crippen molar-refractivity contribution in [2.45, 2.75) is 19.4 Å². The Bertz CT molecular complexity index is 465. The molecule has 0 saturated carbocycles. The molecule has 1 aliphatic rings. The van der Waals surface area contributed by atoms with E-state index in [9.17, 15) is 4.79 Å². The van der Waals surface area contributed by atoms with Crippen LogP contribution < -0.4 is 10.1 Å². The number of nitrogens with zero attached hydrogens (tertiary/aromatic N) is 2. The van der Waals surface area contributed by atoms with Crippen molar-refractivity contribution in [1.82, 2.24) is 15.2 Å². The molecule has 5 nitrogen and oxygen atoms in total. The van der Waals surface area contributed by atoms with E-state index >= 15 is 0 Å². The summed E-state index contributed by atoms with van der Waals surface area (Å²) >= 11 is 3.31. The first-order chi connectivity index (χ1) is 8.96. The minimum Gasteiger partial charge on any atom is -0.482 e. The van der Waals surface area contributed by atoms with Crippen LogP contribution in [0.5, 0.6) is 5.75 Å². The van der Waals surface area contributed by atoms with Crippen molar-refractivity contribution in [3.8, 4) is 5.75 Å². The summed E-state index contributed by atoms with van der Waals surface area (Å²) in [6, 6.07) is 1.79. The molecule has 1 aromatic heterocycles. The number of ether oxygens (including phenoxy) is 1. The fourth-order valence-electron chi connectivity index (χ4n) is 2.06. The lowest BCUT2D eigenvalue weighted by atomic mass is 10.0. The molecule has 1 N–H and O–H groups in total. The van der Waals surface area contributed by atoms with Crippen LogP contribution in [0.3, 0.4) is 0 Å². The number of amides is 1. The van der Waals surface area contributed by atoms with Gasteiger partial charge in [-0.15, -0.1) is 0 Å². The fraction of sp³-hybridized carbons (Fsp3) is 0.538. The third-order valence-electron chi connectivity index (χ3n) is 2.97. The zero-order chi connectivity index (χ0) is 13.9. The minimum absolute atomic E-state index is 0.00884. The van der Waals surface area contributed by atoms with Gasteiger partial charge in [0.05, 0.1) is 6.20 Å². The number of nitrogens with one attached hydrogen (secondary N) is 1. The van der Waals surface area contributed by atoms with Gasteiger partial charge >= 0.3 is 0 Å². The first-order valence-corrected chi connectivity index (χ1v) is 7.02. The molecule has 0 spiro atoms. The predicted octanol–water partition coefficient (Wildman–Crippen LogP) is 1.43. The smallest absolute Gasteiger partial charge is 0.260 e. The zero-order valence-electron chi connectivity index (χ0n) is 11.1. The van der Waals surface area contributed by atoms with Crippen LogP contribution in [0.25, 0.3) is 0 Å². The first kappa shape index (κ1) is 14.3. The summed E-state index contributed by atoms with van der Waals surface area (Å²) in [5, 5.41) is 3.37. The SMILES string of the molecule is CC1(C)CN(C(=O)COc2cncc(Br)c2)CCN1. The van der Waals surface area contributed by atoms with Crippen LogP contribution in [0.4, 0.5) is 0 Å². The van der Waals surface area contributed by atoms with E-state index in [0.29, 0.717) is 12.3 Å². The number of piperazine rings is 1. The van der Waals surface area contributed by atoms with E-state index in [0.717, 1.165) is 17.6 Å². The van der Waals surface area contributed by atoms with Gasteiger partial charge in [-0.2, -0.15) is 0 Å². The molecule has 2 rings (SSSR count). The molecule has 0 aromatic carbocycles. The van der Waals surface area contributed by atoms with Crippen LogP contribution in [0.2, 0.25) is 0 Å². The number of pyridine rings is 1. The van der Waals surface area contributed by atoms with E-state index in [-0.39, 0.29) is 18.1 Å². The van der Waals surface area contributed by atoms with Gasteiger partial charge in [0.25, 0.3) is 5.91 Å². The Hall–Kier alpha value is -1.14. The molecule has 0 radical (unpaired) electrons. The molecule has 1 saturated heterocycles. The Morgan fingerprint density at radius 1 is 1.58 bits per heavy atom. The molecule has 2 heterocycles. The largest absolute Gasteiger partial charge is 0.482 e. The zero-order valence-corrected chi connectivity index (χ0v) is 12.7. The molecule has 19 heavy (non-hydrogen) atoms. The van der Waals surface area contributed by atoms with Crippen molar-refractivity contribution in [2.75, 3.05) is 26.2 Å². The quantitative estimate of drug-likeness (QED) is 0.912. The number of carbonyl (C=O) groups is 1. The van der Waals surface area contributed by atoms with E-state index in [1.165, 1.54) is 0 Å². The standard InChI is InChI=1S/C13H18BrN3O2/c1-13(2)9-17(4-3-16-13)12(18)8-19-11-5-10(14)6-15-7-11/h5-7,16H,3-4,8-9H2,1-2H3. The van der Waals surface area contributed by atoms with Crippen LogP contribution in [-0.2, 0) is 4.79 Å². The van der Waals surface area contributed by atoms with E-state index in [1.54, 1.807) is 18.5 Å². The van der Waals surface area contributed by atoms with Crippen LogP contribution in [0.1, 0.15) is 13.8 Å². The predicted molar refractivity (Wildman–Crippen MR) is 76.1 cm³/mol. The molecular formula is C13H18BrN3O2. The van der Waals surface area contributed by atoms with E-state index in [1.807, 2.05) is 4.90 Å². The Morgan fingerprint density at radius 2 is 2.37 bits per heavy atom. The van der Waals surface area contributed by atoms with Gasteiger partial charge in [-0.25, -0.2) is 0 Å². The van der Waals surface area contributed by atoms with Gasteiger partial charge in [0.1, 0.15) is 5.75 Å². The van der Waals surface area contributed by atoms with Gasteiger partial charge < -0.3 is 15.0 Å². The average molecular weight is 328 g/mol. The van der Waals surface area contributed by atoms with Gasteiger partial charge in [0.15, 0.2) is 6.61 Å². The normalized spacial score (nSPS) is 18.2. The highest BCUT2D eigenvalue weighted by Gasteiger charge is 2.28. The molecule has 0 aliphatic carbocycles. The van der Waals surface area contributed by atoms with Gasteiger partial charge in [0.2, 0.25) is 0 Å². The van der Waals surface area contributed by atoms with Crippen molar-refractivity contribution < 1.29 is 9.53 Å².